The number of carboxylic acid groups (broad SMARTS) is 1. The lowest BCUT2D eigenvalue weighted by molar-refractivity contribution is -0.119. The molecular weight excluding hydrogens is 322 g/mol. The monoisotopic (exact) mass is 343 g/mol. The number of ether oxygens (including phenoxy) is 2. The zero-order valence-electron chi connectivity index (χ0n) is 14.4. The first-order chi connectivity index (χ1) is 11.9. The number of anilines is 1. The van der Waals surface area contributed by atoms with E-state index < -0.39 is 5.97 Å². The second kappa shape index (κ2) is 8.19. The molecule has 25 heavy (non-hydrogen) atoms. The Kier molecular flexibility index (Phi) is 6.00. The van der Waals surface area contributed by atoms with Crippen molar-refractivity contribution in [3.05, 3.63) is 53.6 Å². The van der Waals surface area contributed by atoms with Crippen LogP contribution in [0.5, 0.6) is 11.5 Å². The van der Waals surface area contributed by atoms with E-state index in [4.69, 9.17) is 14.6 Å². The van der Waals surface area contributed by atoms with Crippen LogP contribution in [-0.4, -0.2) is 31.2 Å². The predicted octanol–water partition coefficient (Wildman–Crippen LogP) is 3.22. The third kappa shape index (κ3) is 4.73. The highest BCUT2D eigenvalue weighted by atomic mass is 16.5. The highest BCUT2D eigenvalue weighted by Gasteiger charge is 2.17. The number of amides is 1. The van der Waals surface area contributed by atoms with E-state index in [2.05, 4.69) is 5.32 Å². The second-order valence-corrected chi connectivity index (χ2v) is 5.66. The summed E-state index contributed by atoms with van der Waals surface area (Å²) in [7, 11) is 3.03. The predicted molar refractivity (Wildman–Crippen MR) is 94.4 cm³/mol. The van der Waals surface area contributed by atoms with Gasteiger partial charge in [-0.25, -0.2) is 4.79 Å². The number of benzene rings is 2. The summed E-state index contributed by atoms with van der Waals surface area (Å²) in [6.45, 7) is 1.83. The number of methoxy groups -OCH3 is 2. The van der Waals surface area contributed by atoms with Crippen LogP contribution in [0.4, 0.5) is 5.69 Å². The normalized spacial score (nSPS) is 11.5. The topological polar surface area (TPSA) is 84.9 Å². The van der Waals surface area contributed by atoms with Crippen LogP contribution in [0.2, 0.25) is 0 Å². The minimum Gasteiger partial charge on any atom is -0.497 e. The molecule has 1 unspecified atom stereocenters. The average molecular weight is 343 g/mol. The largest absolute Gasteiger partial charge is 0.497 e. The molecule has 6 heteroatoms. The van der Waals surface area contributed by atoms with Gasteiger partial charge in [0, 0.05) is 5.92 Å². The molecule has 6 nitrogen and oxygen atoms in total. The van der Waals surface area contributed by atoms with Crippen molar-refractivity contribution in [1.29, 1.82) is 0 Å². The van der Waals surface area contributed by atoms with Crippen molar-refractivity contribution in [2.75, 3.05) is 19.5 Å². The Morgan fingerprint density at radius 3 is 2.32 bits per heavy atom. The number of carbonyl (C=O) groups excluding carboxylic acids is 1. The minimum atomic E-state index is -1.05. The van der Waals surface area contributed by atoms with Crippen LogP contribution in [0.25, 0.3) is 0 Å². The smallest absolute Gasteiger partial charge is 0.335 e. The molecule has 2 aromatic carbocycles. The zero-order valence-corrected chi connectivity index (χ0v) is 14.4. The van der Waals surface area contributed by atoms with Crippen molar-refractivity contribution in [1.82, 2.24) is 0 Å². The number of hydrogen-bond donors (Lipinski definition) is 2. The van der Waals surface area contributed by atoms with Gasteiger partial charge in [0.2, 0.25) is 5.91 Å². The molecule has 0 saturated heterocycles. The SMILES string of the molecule is COc1ccc(CC(C)C(=O)Nc2ccc(C(=O)O)cc2OC)cc1. The van der Waals surface area contributed by atoms with Crippen LogP contribution in [0.1, 0.15) is 22.8 Å². The van der Waals surface area contributed by atoms with Gasteiger partial charge in [0.15, 0.2) is 0 Å². The lowest BCUT2D eigenvalue weighted by Crippen LogP contribution is -2.22. The lowest BCUT2D eigenvalue weighted by atomic mass is 10.00. The molecule has 0 aliphatic heterocycles. The summed E-state index contributed by atoms with van der Waals surface area (Å²) < 4.78 is 10.3. The van der Waals surface area contributed by atoms with Crippen LogP contribution >= 0.6 is 0 Å². The van der Waals surface area contributed by atoms with E-state index in [1.54, 1.807) is 7.11 Å². The van der Waals surface area contributed by atoms with Gasteiger partial charge in [-0.15, -0.1) is 0 Å². The van der Waals surface area contributed by atoms with Gasteiger partial charge in [-0.1, -0.05) is 19.1 Å². The summed E-state index contributed by atoms with van der Waals surface area (Å²) in [5.74, 6) is -0.410. The molecule has 0 heterocycles. The third-order valence-electron chi connectivity index (χ3n) is 3.85. The Morgan fingerprint density at radius 2 is 1.76 bits per heavy atom. The van der Waals surface area contributed by atoms with Crippen molar-refractivity contribution < 1.29 is 24.2 Å². The number of hydrogen-bond acceptors (Lipinski definition) is 4. The van der Waals surface area contributed by atoms with Gasteiger partial charge in [0.25, 0.3) is 0 Å². The van der Waals surface area contributed by atoms with Gasteiger partial charge in [0.05, 0.1) is 25.5 Å². The van der Waals surface area contributed by atoms with Gasteiger partial charge in [-0.2, -0.15) is 0 Å². The fourth-order valence-electron chi connectivity index (χ4n) is 2.39. The molecule has 2 rings (SSSR count). The van der Waals surface area contributed by atoms with Gasteiger partial charge >= 0.3 is 5.97 Å². The quantitative estimate of drug-likeness (QED) is 0.806. The molecule has 1 amide bonds. The van der Waals surface area contributed by atoms with Gasteiger partial charge in [-0.05, 0) is 42.3 Å². The number of nitrogens with one attached hydrogen (secondary N) is 1. The van der Waals surface area contributed by atoms with E-state index in [0.29, 0.717) is 17.9 Å². The highest BCUT2D eigenvalue weighted by molar-refractivity contribution is 5.95. The van der Waals surface area contributed by atoms with Crippen molar-refractivity contribution >= 4 is 17.6 Å². The Labute approximate surface area is 146 Å². The van der Waals surface area contributed by atoms with E-state index in [9.17, 15) is 9.59 Å². The number of rotatable bonds is 7. The first-order valence-electron chi connectivity index (χ1n) is 7.79. The van der Waals surface area contributed by atoms with E-state index in [-0.39, 0.29) is 17.4 Å². The summed E-state index contributed by atoms with van der Waals surface area (Å²) in [6.07, 6.45) is 0.575. The Bertz CT molecular complexity index is 755. The molecule has 1 atom stereocenters. The first kappa shape index (κ1) is 18.3. The van der Waals surface area contributed by atoms with Gasteiger partial charge in [-0.3, -0.25) is 4.79 Å². The summed E-state index contributed by atoms with van der Waals surface area (Å²) in [5, 5.41) is 11.8. The summed E-state index contributed by atoms with van der Waals surface area (Å²) in [4.78, 5) is 23.4. The molecule has 0 aliphatic rings. The molecule has 0 aromatic heterocycles. The standard InChI is InChI=1S/C19H21NO5/c1-12(10-13-4-7-15(24-2)8-5-13)18(21)20-16-9-6-14(19(22)23)11-17(16)25-3/h4-9,11-12H,10H2,1-3H3,(H,20,21)(H,22,23). The van der Waals surface area contributed by atoms with E-state index in [0.717, 1.165) is 11.3 Å². The second-order valence-electron chi connectivity index (χ2n) is 5.66. The van der Waals surface area contributed by atoms with Crippen LogP contribution in [0.15, 0.2) is 42.5 Å². The lowest BCUT2D eigenvalue weighted by Gasteiger charge is -2.15. The fraction of sp³-hybridized carbons (Fsp3) is 0.263. The molecule has 0 radical (unpaired) electrons. The maximum absolute atomic E-state index is 12.4. The molecule has 0 saturated carbocycles. The van der Waals surface area contributed by atoms with Crippen molar-refractivity contribution in [2.45, 2.75) is 13.3 Å². The molecule has 0 fully saturated rings. The van der Waals surface area contributed by atoms with Crippen molar-refractivity contribution in [3.8, 4) is 11.5 Å². The van der Waals surface area contributed by atoms with Crippen molar-refractivity contribution in [3.63, 3.8) is 0 Å². The van der Waals surface area contributed by atoms with Crippen LogP contribution in [0.3, 0.4) is 0 Å². The Balaban J connectivity index is 2.06. The number of aromatic carboxylic acids is 1. The first-order valence-corrected chi connectivity index (χ1v) is 7.79. The molecule has 0 spiro atoms. The Morgan fingerprint density at radius 1 is 1.08 bits per heavy atom. The maximum atomic E-state index is 12.4. The van der Waals surface area contributed by atoms with Crippen LogP contribution < -0.4 is 14.8 Å². The zero-order chi connectivity index (χ0) is 18.4. The molecule has 0 aliphatic carbocycles. The molecule has 0 bridgehead atoms. The molecular formula is C19H21NO5. The van der Waals surface area contributed by atoms with Crippen LogP contribution in [-0.2, 0) is 11.2 Å². The van der Waals surface area contributed by atoms with E-state index in [1.807, 2.05) is 31.2 Å². The van der Waals surface area contributed by atoms with Crippen molar-refractivity contribution in [2.24, 2.45) is 5.92 Å². The van der Waals surface area contributed by atoms with Crippen LogP contribution in [0, 0.1) is 5.92 Å². The summed E-state index contributed by atoms with van der Waals surface area (Å²) >= 11 is 0. The van der Waals surface area contributed by atoms with E-state index >= 15 is 0 Å². The number of carbonyl (C=O) groups is 2. The summed E-state index contributed by atoms with van der Waals surface area (Å²) in [6, 6.07) is 11.9. The van der Waals surface area contributed by atoms with E-state index in [1.165, 1.54) is 25.3 Å². The number of carboxylic acids is 1. The molecule has 2 N–H and O–H groups in total. The fourth-order valence-corrected chi connectivity index (χ4v) is 2.39. The Hall–Kier alpha value is -3.02. The van der Waals surface area contributed by atoms with Gasteiger partial charge in [0.1, 0.15) is 11.5 Å². The maximum Gasteiger partial charge on any atom is 0.335 e. The molecule has 2 aromatic rings. The van der Waals surface area contributed by atoms with Gasteiger partial charge < -0.3 is 19.9 Å². The minimum absolute atomic E-state index is 0.0983. The highest BCUT2D eigenvalue weighted by Crippen LogP contribution is 2.26. The summed E-state index contributed by atoms with van der Waals surface area (Å²) in [5.41, 5.74) is 1.57. The molecule has 132 valence electrons. The average Bonchev–Trinajstić information content (AvgIpc) is 2.62. The third-order valence-corrected chi connectivity index (χ3v) is 3.85.